The van der Waals surface area contributed by atoms with Gasteiger partial charge in [-0.25, -0.2) is 4.98 Å². The molecule has 4 heteroatoms. The maximum atomic E-state index is 11.7. The Morgan fingerprint density at radius 1 is 1.69 bits per heavy atom. The molecule has 0 spiro atoms. The first-order chi connectivity index (χ1) is 7.76. The molecule has 2 rings (SSSR count). The zero-order valence-electron chi connectivity index (χ0n) is 9.18. The van der Waals surface area contributed by atoms with Crippen LogP contribution >= 0.6 is 0 Å². The second-order valence-corrected chi connectivity index (χ2v) is 3.88. The Kier molecular flexibility index (Phi) is 2.86. The van der Waals surface area contributed by atoms with Gasteiger partial charge in [0.05, 0.1) is 11.6 Å². The predicted molar refractivity (Wildman–Crippen MR) is 59.8 cm³/mol. The number of carbonyl (C=O) groups excluding carboxylic acids is 1. The molecule has 1 aromatic heterocycles. The number of rotatable bonds is 2. The lowest BCUT2D eigenvalue weighted by molar-refractivity contribution is -0.117. The monoisotopic (exact) mass is 215 g/mol. The molecule has 0 bridgehead atoms. The number of hydrogen-bond acceptors (Lipinski definition) is 3. The van der Waals surface area contributed by atoms with E-state index in [2.05, 4.69) is 18.0 Å². The number of aromatic nitrogens is 1. The van der Waals surface area contributed by atoms with Crippen molar-refractivity contribution in [2.24, 2.45) is 0 Å². The summed E-state index contributed by atoms with van der Waals surface area (Å²) in [7, 11) is 0. The number of carbonyl (C=O) groups is 1. The molecular weight excluding hydrogens is 202 g/mol. The number of anilines is 1. The minimum absolute atomic E-state index is 0.106. The van der Waals surface area contributed by atoms with Gasteiger partial charge in [-0.15, -0.1) is 0 Å². The van der Waals surface area contributed by atoms with Crippen molar-refractivity contribution < 1.29 is 4.79 Å². The van der Waals surface area contributed by atoms with E-state index in [-0.39, 0.29) is 11.9 Å². The standard InChI is InChI=1S/C12H13N3O/c1-2-10-3-4-12(16)15(10)11-7-9(8-13)5-6-14-11/h5-7,10H,2-4H2,1H3/t10-/m1/s1. The second kappa shape index (κ2) is 4.31. The Balaban J connectivity index is 2.35. The van der Waals surface area contributed by atoms with Crippen LogP contribution in [-0.4, -0.2) is 16.9 Å². The summed E-state index contributed by atoms with van der Waals surface area (Å²) < 4.78 is 0. The van der Waals surface area contributed by atoms with Crippen molar-refractivity contribution in [2.75, 3.05) is 4.90 Å². The molecule has 0 saturated carbocycles. The minimum atomic E-state index is 0.106. The van der Waals surface area contributed by atoms with Gasteiger partial charge in [-0.1, -0.05) is 6.92 Å². The smallest absolute Gasteiger partial charge is 0.228 e. The molecule has 4 nitrogen and oxygen atoms in total. The van der Waals surface area contributed by atoms with Crippen LogP contribution in [0.15, 0.2) is 18.3 Å². The first kappa shape index (κ1) is 10.6. The molecular formula is C12H13N3O. The van der Waals surface area contributed by atoms with Crippen molar-refractivity contribution in [3.05, 3.63) is 23.9 Å². The Morgan fingerprint density at radius 2 is 2.50 bits per heavy atom. The van der Waals surface area contributed by atoms with Crippen LogP contribution in [0.25, 0.3) is 0 Å². The van der Waals surface area contributed by atoms with E-state index in [9.17, 15) is 4.79 Å². The molecule has 0 aliphatic carbocycles. The molecule has 2 heterocycles. The van der Waals surface area contributed by atoms with Gasteiger partial charge in [-0.2, -0.15) is 5.26 Å². The topological polar surface area (TPSA) is 57.0 Å². The SMILES string of the molecule is CC[C@@H]1CCC(=O)N1c1cc(C#N)ccn1. The van der Waals surface area contributed by atoms with Crippen LogP contribution < -0.4 is 4.90 Å². The number of nitriles is 1. The highest BCUT2D eigenvalue weighted by Crippen LogP contribution is 2.26. The van der Waals surface area contributed by atoms with Gasteiger partial charge in [0, 0.05) is 18.7 Å². The van der Waals surface area contributed by atoms with Crippen LogP contribution in [0.1, 0.15) is 31.7 Å². The summed E-state index contributed by atoms with van der Waals surface area (Å²) in [4.78, 5) is 17.6. The van der Waals surface area contributed by atoms with Crippen LogP contribution in [0.2, 0.25) is 0 Å². The molecule has 1 amide bonds. The molecule has 0 aromatic carbocycles. The fourth-order valence-electron chi connectivity index (χ4n) is 2.06. The van der Waals surface area contributed by atoms with Crippen molar-refractivity contribution in [3.8, 4) is 6.07 Å². The third kappa shape index (κ3) is 1.76. The van der Waals surface area contributed by atoms with Gasteiger partial charge in [0.25, 0.3) is 0 Å². The molecule has 1 fully saturated rings. The largest absolute Gasteiger partial charge is 0.294 e. The summed E-state index contributed by atoms with van der Waals surface area (Å²) >= 11 is 0. The van der Waals surface area contributed by atoms with E-state index in [1.807, 2.05) is 0 Å². The van der Waals surface area contributed by atoms with Gasteiger partial charge in [0.15, 0.2) is 0 Å². The molecule has 16 heavy (non-hydrogen) atoms. The molecule has 1 atom stereocenters. The van der Waals surface area contributed by atoms with Gasteiger partial charge >= 0.3 is 0 Å². The average molecular weight is 215 g/mol. The Hall–Kier alpha value is -1.89. The summed E-state index contributed by atoms with van der Waals surface area (Å²) in [6.45, 7) is 2.06. The third-order valence-electron chi connectivity index (χ3n) is 2.92. The van der Waals surface area contributed by atoms with E-state index in [1.54, 1.807) is 23.2 Å². The van der Waals surface area contributed by atoms with E-state index in [0.717, 1.165) is 12.8 Å². The van der Waals surface area contributed by atoms with E-state index in [4.69, 9.17) is 5.26 Å². The van der Waals surface area contributed by atoms with Crippen LogP contribution in [0, 0.1) is 11.3 Å². The van der Waals surface area contributed by atoms with Crippen LogP contribution in [0.4, 0.5) is 5.82 Å². The lowest BCUT2D eigenvalue weighted by Gasteiger charge is -2.22. The quantitative estimate of drug-likeness (QED) is 0.756. The zero-order valence-corrected chi connectivity index (χ0v) is 9.18. The summed E-state index contributed by atoms with van der Waals surface area (Å²) in [6, 6.07) is 5.61. The molecule has 1 aliphatic heterocycles. The van der Waals surface area contributed by atoms with Crippen LogP contribution in [-0.2, 0) is 4.79 Å². The minimum Gasteiger partial charge on any atom is -0.294 e. The van der Waals surface area contributed by atoms with Crippen LogP contribution in [0.5, 0.6) is 0 Å². The second-order valence-electron chi connectivity index (χ2n) is 3.88. The van der Waals surface area contributed by atoms with Gasteiger partial charge < -0.3 is 0 Å². The molecule has 82 valence electrons. The third-order valence-corrected chi connectivity index (χ3v) is 2.92. The van der Waals surface area contributed by atoms with E-state index in [1.165, 1.54) is 0 Å². The summed E-state index contributed by atoms with van der Waals surface area (Å²) in [5, 5.41) is 8.81. The summed E-state index contributed by atoms with van der Waals surface area (Å²) in [5.74, 6) is 0.711. The maximum absolute atomic E-state index is 11.7. The molecule has 1 aliphatic rings. The highest BCUT2D eigenvalue weighted by Gasteiger charge is 2.31. The molecule has 0 unspecified atom stereocenters. The fraction of sp³-hybridized carbons (Fsp3) is 0.417. The highest BCUT2D eigenvalue weighted by molar-refractivity contribution is 5.95. The molecule has 0 radical (unpaired) electrons. The number of hydrogen-bond donors (Lipinski definition) is 0. The number of nitrogens with zero attached hydrogens (tertiary/aromatic N) is 3. The van der Waals surface area contributed by atoms with Gasteiger partial charge in [0.2, 0.25) is 5.91 Å². The van der Waals surface area contributed by atoms with Crippen LogP contribution in [0.3, 0.4) is 0 Å². The van der Waals surface area contributed by atoms with Crippen molar-refractivity contribution in [1.82, 2.24) is 4.98 Å². The Bertz CT molecular complexity index is 450. The normalized spacial score (nSPS) is 19.9. The first-order valence-electron chi connectivity index (χ1n) is 5.44. The summed E-state index contributed by atoms with van der Waals surface area (Å²) in [5.41, 5.74) is 0.541. The van der Waals surface area contributed by atoms with Crippen molar-refractivity contribution >= 4 is 11.7 Å². The van der Waals surface area contributed by atoms with Crippen molar-refractivity contribution in [2.45, 2.75) is 32.2 Å². The number of amides is 1. The molecule has 1 saturated heterocycles. The first-order valence-corrected chi connectivity index (χ1v) is 5.44. The van der Waals surface area contributed by atoms with Gasteiger partial charge in [-0.3, -0.25) is 9.69 Å². The van der Waals surface area contributed by atoms with Crippen molar-refractivity contribution in [1.29, 1.82) is 5.26 Å². The Morgan fingerprint density at radius 3 is 3.19 bits per heavy atom. The van der Waals surface area contributed by atoms with Gasteiger partial charge in [-0.05, 0) is 25.0 Å². The van der Waals surface area contributed by atoms with E-state index >= 15 is 0 Å². The lowest BCUT2D eigenvalue weighted by atomic mass is 10.1. The summed E-state index contributed by atoms with van der Waals surface area (Å²) in [6.07, 6.45) is 3.96. The lowest BCUT2D eigenvalue weighted by Crippen LogP contribution is -2.33. The Labute approximate surface area is 94.5 Å². The fourth-order valence-corrected chi connectivity index (χ4v) is 2.06. The van der Waals surface area contributed by atoms with Gasteiger partial charge in [0.1, 0.15) is 5.82 Å². The predicted octanol–water partition coefficient (Wildman–Crippen LogP) is 1.86. The highest BCUT2D eigenvalue weighted by atomic mass is 16.2. The number of pyridine rings is 1. The average Bonchev–Trinajstić information content (AvgIpc) is 2.70. The molecule has 1 aromatic rings. The zero-order chi connectivity index (χ0) is 11.5. The van der Waals surface area contributed by atoms with E-state index < -0.39 is 0 Å². The van der Waals surface area contributed by atoms with Crippen molar-refractivity contribution in [3.63, 3.8) is 0 Å². The molecule has 0 N–H and O–H groups in total. The maximum Gasteiger partial charge on any atom is 0.228 e. The van der Waals surface area contributed by atoms with E-state index in [0.29, 0.717) is 17.8 Å².